The first-order valence-corrected chi connectivity index (χ1v) is 5.53. The number of aliphatic hydroxyl groups is 1. The summed E-state index contributed by atoms with van der Waals surface area (Å²) in [6.07, 6.45) is 0.439. The Labute approximate surface area is 99.8 Å². The van der Waals surface area contributed by atoms with Crippen LogP contribution in [0.4, 0.5) is 5.69 Å². The van der Waals surface area contributed by atoms with Gasteiger partial charge in [0.25, 0.3) is 5.91 Å². The summed E-state index contributed by atoms with van der Waals surface area (Å²) in [7, 11) is 1.58. The topological polar surface area (TPSA) is 70.6 Å². The Morgan fingerprint density at radius 1 is 1.47 bits per heavy atom. The zero-order valence-corrected chi connectivity index (χ0v) is 9.69. The molecule has 0 radical (unpaired) electrons. The molecule has 1 unspecified atom stereocenters. The number of carbonyl (C=O) groups excluding carboxylic acids is 1. The molecule has 3 N–H and O–H groups in total. The highest BCUT2D eigenvalue weighted by Gasteiger charge is 2.38. The number of hydrogen-bond donors (Lipinski definition) is 3. The molecule has 1 atom stereocenters. The van der Waals surface area contributed by atoms with Gasteiger partial charge in [0.1, 0.15) is 5.75 Å². The lowest BCUT2D eigenvalue weighted by molar-refractivity contribution is -0.132. The first kappa shape index (κ1) is 11.9. The van der Waals surface area contributed by atoms with Crippen LogP contribution in [-0.4, -0.2) is 36.8 Å². The van der Waals surface area contributed by atoms with Crippen LogP contribution < -0.4 is 15.4 Å². The Hall–Kier alpha value is -1.59. The number of β-amino-alcohol motifs (C(OH)–C–C–N with tert-alkyl or cyclic N) is 1. The molecule has 17 heavy (non-hydrogen) atoms. The number of rotatable bonds is 3. The molecule has 1 aromatic carbocycles. The summed E-state index contributed by atoms with van der Waals surface area (Å²) in [5.74, 6) is 0.358. The molecule has 0 aliphatic carbocycles. The van der Waals surface area contributed by atoms with E-state index in [1.807, 2.05) is 0 Å². The van der Waals surface area contributed by atoms with Gasteiger partial charge in [0.15, 0.2) is 5.60 Å². The van der Waals surface area contributed by atoms with Crippen LogP contribution in [0, 0.1) is 0 Å². The summed E-state index contributed by atoms with van der Waals surface area (Å²) in [6, 6.07) is 6.99. The highest BCUT2D eigenvalue weighted by Crippen LogP contribution is 2.19. The second-order valence-corrected chi connectivity index (χ2v) is 4.14. The summed E-state index contributed by atoms with van der Waals surface area (Å²) in [4.78, 5) is 11.9. The summed E-state index contributed by atoms with van der Waals surface area (Å²) >= 11 is 0. The quantitative estimate of drug-likeness (QED) is 0.708. The molecule has 92 valence electrons. The monoisotopic (exact) mass is 236 g/mol. The van der Waals surface area contributed by atoms with Crippen molar-refractivity contribution in [2.45, 2.75) is 12.0 Å². The molecule has 1 fully saturated rings. The maximum atomic E-state index is 11.9. The van der Waals surface area contributed by atoms with Gasteiger partial charge in [-0.05, 0) is 37.2 Å². The van der Waals surface area contributed by atoms with Gasteiger partial charge in [0.2, 0.25) is 0 Å². The highest BCUT2D eigenvalue weighted by atomic mass is 16.5. The Balaban J connectivity index is 2.02. The number of carbonyl (C=O) groups is 1. The Morgan fingerprint density at radius 3 is 2.71 bits per heavy atom. The molecule has 5 nitrogen and oxygen atoms in total. The minimum atomic E-state index is -1.29. The molecule has 0 saturated carbocycles. The predicted octanol–water partition coefficient (Wildman–Crippen LogP) is 0.358. The molecular weight excluding hydrogens is 220 g/mol. The van der Waals surface area contributed by atoms with E-state index in [0.717, 1.165) is 5.75 Å². The van der Waals surface area contributed by atoms with E-state index in [1.165, 1.54) is 0 Å². The van der Waals surface area contributed by atoms with Crippen LogP contribution in [-0.2, 0) is 4.79 Å². The molecular formula is C12H16N2O3. The van der Waals surface area contributed by atoms with E-state index in [-0.39, 0.29) is 5.91 Å². The lowest BCUT2D eigenvalue weighted by Crippen LogP contribution is -2.44. The van der Waals surface area contributed by atoms with E-state index < -0.39 is 5.60 Å². The molecule has 1 aliphatic rings. The first-order valence-electron chi connectivity index (χ1n) is 5.53. The number of anilines is 1. The minimum Gasteiger partial charge on any atom is -0.497 e. The number of benzene rings is 1. The van der Waals surface area contributed by atoms with E-state index in [2.05, 4.69) is 10.6 Å². The number of nitrogens with one attached hydrogen (secondary N) is 2. The van der Waals surface area contributed by atoms with Gasteiger partial charge in [-0.1, -0.05) is 0 Å². The fourth-order valence-corrected chi connectivity index (χ4v) is 1.79. The maximum Gasteiger partial charge on any atom is 0.257 e. The van der Waals surface area contributed by atoms with Crippen molar-refractivity contribution in [3.63, 3.8) is 0 Å². The molecule has 5 heteroatoms. The Morgan fingerprint density at radius 2 is 2.18 bits per heavy atom. The van der Waals surface area contributed by atoms with E-state index in [0.29, 0.717) is 25.2 Å². The Kier molecular flexibility index (Phi) is 3.31. The van der Waals surface area contributed by atoms with Crippen molar-refractivity contribution < 1.29 is 14.6 Å². The standard InChI is InChI=1S/C12H16N2O3/c1-17-10-4-2-9(3-5-10)14-11(15)12(16)6-7-13-8-12/h2-5,13,16H,6-8H2,1H3,(H,14,15). The van der Waals surface area contributed by atoms with Gasteiger partial charge in [-0.15, -0.1) is 0 Å². The third-order valence-corrected chi connectivity index (χ3v) is 2.90. The summed E-state index contributed by atoms with van der Waals surface area (Å²) in [5, 5.41) is 15.7. The van der Waals surface area contributed by atoms with Crippen molar-refractivity contribution in [1.82, 2.24) is 5.32 Å². The molecule has 0 bridgehead atoms. The Bertz CT molecular complexity index is 397. The molecule has 2 rings (SSSR count). The number of hydrogen-bond acceptors (Lipinski definition) is 4. The summed E-state index contributed by atoms with van der Waals surface area (Å²) in [5.41, 5.74) is -0.643. The zero-order valence-electron chi connectivity index (χ0n) is 9.69. The van der Waals surface area contributed by atoms with Crippen LogP contribution in [0.1, 0.15) is 6.42 Å². The smallest absolute Gasteiger partial charge is 0.257 e. The SMILES string of the molecule is COc1ccc(NC(=O)C2(O)CCNC2)cc1. The fourth-order valence-electron chi connectivity index (χ4n) is 1.79. The van der Waals surface area contributed by atoms with Crippen molar-refractivity contribution in [3.8, 4) is 5.75 Å². The molecule has 0 aromatic heterocycles. The average molecular weight is 236 g/mol. The second kappa shape index (κ2) is 4.73. The first-order chi connectivity index (χ1) is 8.14. The van der Waals surface area contributed by atoms with Crippen LogP contribution in [0.5, 0.6) is 5.75 Å². The minimum absolute atomic E-state index is 0.301. The predicted molar refractivity (Wildman–Crippen MR) is 64.1 cm³/mol. The molecule has 1 saturated heterocycles. The van der Waals surface area contributed by atoms with Gasteiger partial charge < -0.3 is 20.5 Å². The van der Waals surface area contributed by atoms with Crippen molar-refractivity contribution >= 4 is 11.6 Å². The summed E-state index contributed by atoms with van der Waals surface area (Å²) < 4.78 is 5.02. The van der Waals surface area contributed by atoms with Crippen molar-refractivity contribution in [2.75, 3.05) is 25.5 Å². The lowest BCUT2D eigenvalue weighted by Gasteiger charge is -2.20. The fraction of sp³-hybridized carbons (Fsp3) is 0.417. The van der Waals surface area contributed by atoms with Gasteiger partial charge >= 0.3 is 0 Å². The van der Waals surface area contributed by atoms with Crippen LogP contribution >= 0.6 is 0 Å². The third-order valence-electron chi connectivity index (χ3n) is 2.90. The van der Waals surface area contributed by atoms with Crippen molar-refractivity contribution in [2.24, 2.45) is 0 Å². The molecule has 0 spiro atoms. The normalized spacial score (nSPS) is 23.4. The summed E-state index contributed by atoms with van der Waals surface area (Å²) in [6.45, 7) is 0.960. The van der Waals surface area contributed by atoms with Crippen LogP contribution in [0.25, 0.3) is 0 Å². The van der Waals surface area contributed by atoms with Gasteiger partial charge in [-0.3, -0.25) is 4.79 Å². The zero-order chi connectivity index (χ0) is 12.3. The van der Waals surface area contributed by atoms with Crippen LogP contribution in [0.15, 0.2) is 24.3 Å². The van der Waals surface area contributed by atoms with Gasteiger partial charge in [0, 0.05) is 12.2 Å². The van der Waals surface area contributed by atoms with Gasteiger partial charge in [-0.2, -0.15) is 0 Å². The average Bonchev–Trinajstić information content (AvgIpc) is 2.78. The third kappa shape index (κ3) is 2.57. The maximum absolute atomic E-state index is 11.9. The largest absolute Gasteiger partial charge is 0.497 e. The second-order valence-electron chi connectivity index (χ2n) is 4.14. The van der Waals surface area contributed by atoms with E-state index >= 15 is 0 Å². The van der Waals surface area contributed by atoms with E-state index in [4.69, 9.17) is 4.74 Å². The number of ether oxygens (including phenoxy) is 1. The van der Waals surface area contributed by atoms with Crippen molar-refractivity contribution in [1.29, 1.82) is 0 Å². The molecule has 1 heterocycles. The van der Waals surface area contributed by atoms with E-state index in [1.54, 1.807) is 31.4 Å². The molecule has 1 aliphatic heterocycles. The van der Waals surface area contributed by atoms with Crippen molar-refractivity contribution in [3.05, 3.63) is 24.3 Å². The highest BCUT2D eigenvalue weighted by molar-refractivity contribution is 5.97. The van der Waals surface area contributed by atoms with Crippen LogP contribution in [0.2, 0.25) is 0 Å². The van der Waals surface area contributed by atoms with Gasteiger partial charge in [-0.25, -0.2) is 0 Å². The molecule has 1 aromatic rings. The lowest BCUT2D eigenvalue weighted by atomic mass is 10.0. The van der Waals surface area contributed by atoms with E-state index in [9.17, 15) is 9.90 Å². The number of methoxy groups -OCH3 is 1. The molecule has 1 amide bonds. The van der Waals surface area contributed by atoms with Crippen LogP contribution in [0.3, 0.4) is 0 Å². The number of amides is 1. The van der Waals surface area contributed by atoms with Gasteiger partial charge in [0.05, 0.1) is 7.11 Å².